The second-order valence-electron chi connectivity index (χ2n) is 9.09. The summed E-state index contributed by atoms with van der Waals surface area (Å²) in [5.41, 5.74) is 4.74. The van der Waals surface area contributed by atoms with Crippen LogP contribution in [0.25, 0.3) is 0 Å². The Labute approximate surface area is 145 Å². The Balaban J connectivity index is 1.76. The topological polar surface area (TPSA) is 34.1 Å². The van der Waals surface area contributed by atoms with Crippen molar-refractivity contribution in [2.24, 2.45) is 35.0 Å². The molecule has 2 saturated carbocycles. The van der Waals surface area contributed by atoms with Crippen LogP contribution in [0.5, 0.6) is 0 Å². The molecule has 0 aromatic carbocycles. The van der Waals surface area contributed by atoms with Gasteiger partial charge in [0.1, 0.15) is 5.78 Å². The van der Waals surface area contributed by atoms with Crippen molar-refractivity contribution < 1.29 is 9.59 Å². The van der Waals surface area contributed by atoms with Crippen LogP contribution in [-0.4, -0.2) is 11.6 Å². The average molecular weight is 326 g/mol. The molecule has 0 aromatic rings. The number of hydrogen-bond donors (Lipinski definition) is 0. The van der Waals surface area contributed by atoms with Gasteiger partial charge < -0.3 is 0 Å². The maximum absolute atomic E-state index is 12.2. The van der Waals surface area contributed by atoms with Gasteiger partial charge in [0, 0.05) is 11.8 Å². The van der Waals surface area contributed by atoms with Crippen LogP contribution in [0, 0.1) is 35.0 Å². The van der Waals surface area contributed by atoms with Gasteiger partial charge >= 0.3 is 0 Å². The third-order valence-electron chi connectivity index (χ3n) is 8.15. The van der Waals surface area contributed by atoms with E-state index in [-0.39, 0.29) is 17.3 Å². The summed E-state index contributed by atoms with van der Waals surface area (Å²) in [4.78, 5) is 24.4. The first-order valence-corrected chi connectivity index (χ1v) is 9.82. The zero-order valence-corrected chi connectivity index (χ0v) is 15.5. The average Bonchev–Trinajstić information content (AvgIpc) is 2.89. The minimum Gasteiger partial charge on any atom is -0.300 e. The van der Waals surface area contributed by atoms with Crippen LogP contribution < -0.4 is 0 Å². The molecule has 0 saturated heterocycles. The van der Waals surface area contributed by atoms with Crippen molar-refractivity contribution in [1.82, 2.24) is 0 Å². The molecule has 0 radical (unpaired) electrons. The number of fused-ring (bicyclic) bond motifs is 4. The van der Waals surface area contributed by atoms with E-state index < -0.39 is 0 Å². The monoisotopic (exact) mass is 326 g/mol. The van der Waals surface area contributed by atoms with E-state index in [0.717, 1.165) is 25.7 Å². The zero-order chi connectivity index (χ0) is 17.2. The minimum atomic E-state index is 0.122. The van der Waals surface area contributed by atoms with E-state index >= 15 is 0 Å². The van der Waals surface area contributed by atoms with Gasteiger partial charge in [-0.25, -0.2) is 0 Å². The van der Waals surface area contributed by atoms with Gasteiger partial charge in [-0.1, -0.05) is 26.3 Å². The number of hydrogen-bond acceptors (Lipinski definition) is 2. The molecule has 0 bridgehead atoms. The number of carbonyl (C=O) groups excluding carboxylic acids is 2. The van der Waals surface area contributed by atoms with Gasteiger partial charge in [0.25, 0.3) is 0 Å². The highest BCUT2D eigenvalue weighted by Crippen LogP contribution is 2.62. The molecule has 2 unspecified atom stereocenters. The third-order valence-corrected chi connectivity index (χ3v) is 8.15. The van der Waals surface area contributed by atoms with Gasteiger partial charge in [-0.15, -0.1) is 0 Å². The summed E-state index contributed by atoms with van der Waals surface area (Å²) in [5.74, 6) is 2.81. The SMILES string of the molecule is CC(=O)[C@H]1CC[C@H]2[C@@H]3CCC4=CC(=O)C(C)C(C)C4=C3CC[C@]12C. The van der Waals surface area contributed by atoms with E-state index in [1.807, 2.05) is 6.08 Å². The molecule has 2 heteroatoms. The van der Waals surface area contributed by atoms with E-state index in [1.54, 1.807) is 12.5 Å². The largest absolute Gasteiger partial charge is 0.300 e. The van der Waals surface area contributed by atoms with Crippen LogP contribution >= 0.6 is 0 Å². The van der Waals surface area contributed by atoms with Crippen molar-refractivity contribution in [2.75, 3.05) is 0 Å². The fraction of sp³-hybridized carbons (Fsp3) is 0.727. The van der Waals surface area contributed by atoms with Crippen molar-refractivity contribution in [3.8, 4) is 0 Å². The van der Waals surface area contributed by atoms with E-state index in [4.69, 9.17) is 0 Å². The number of carbonyl (C=O) groups is 2. The quantitative estimate of drug-likeness (QED) is 0.687. The predicted octanol–water partition coefficient (Wildman–Crippen LogP) is 4.89. The fourth-order valence-corrected chi connectivity index (χ4v) is 6.68. The lowest BCUT2D eigenvalue weighted by molar-refractivity contribution is -0.125. The maximum Gasteiger partial charge on any atom is 0.159 e. The van der Waals surface area contributed by atoms with Crippen LogP contribution in [0.1, 0.15) is 66.2 Å². The summed E-state index contributed by atoms with van der Waals surface area (Å²) in [6.07, 6.45) is 8.78. The number of allylic oxidation sites excluding steroid dienone is 4. The highest BCUT2D eigenvalue weighted by molar-refractivity contribution is 5.95. The summed E-state index contributed by atoms with van der Waals surface area (Å²) in [7, 11) is 0. The first kappa shape index (κ1) is 16.3. The Morgan fingerprint density at radius 3 is 2.58 bits per heavy atom. The second-order valence-corrected chi connectivity index (χ2v) is 9.09. The lowest BCUT2D eigenvalue weighted by Crippen LogP contribution is -2.42. The number of Topliss-reactive ketones (excluding diaryl/α,β-unsaturated/α-hetero) is 1. The van der Waals surface area contributed by atoms with Gasteiger partial charge in [-0.3, -0.25) is 9.59 Å². The lowest BCUT2D eigenvalue weighted by atomic mass is 9.54. The Morgan fingerprint density at radius 2 is 1.88 bits per heavy atom. The van der Waals surface area contributed by atoms with E-state index in [0.29, 0.717) is 29.3 Å². The van der Waals surface area contributed by atoms with Gasteiger partial charge in [0.2, 0.25) is 0 Å². The van der Waals surface area contributed by atoms with E-state index in [1.165, 1.54) is 24.0 Å². The Morgan fingerprint density at radius 1 is 1.12 bits per heavy atom. The number of ketones is 2. The van der Waals surface area contributed by atoms with Crippen molar-refractivity contribution in [3.63, 3.8) is 0 Å². The molecule has 2 fully saturated rings. The molecule has 0 spiro atoms. The van der Waals surface area contributed by atoms with Crippen molar-refractivity contribution >= 4 is 11.6 Å². The van der Waals surface area contributed by atoms with Gasteiger partial charge in [-0.05, 0) is 85.8 Å². The van der Waals surface area contributed by atoms with Crippen molar-refractivity contribution in [3.05, 3.63) is 22.8 Å². The van der Waals surface area contributed by atoms with Crippen LogP contribution in [0.4, 0.5) is 0 Å². The first-order chi connectivity index (χ1) is 11.3. The van der Waals surface area contributed by atoms with E-state index in [9.17, 15) is 9.59 Å². The minimum absolute atomic E-state index is 0.122. The number of rotatable bonds is 1. The van der Waals surface area contributed by atoms with Crippen molar-refractivity contribution in [2.45, 2.75) is 66.2 Å². The molecule has 2 nitrogen and oxygen atoms in total. The Kier molecular flexibility index (Phi) is 3.67. The van der Waals surface area contributed by atoms with Crippen LogP contribution in [-0.2, 0) is 9.59 Å². The highest BCUT2D eigenvalue weighted by Gasteiger charge is 2.55. The summed E-state index contributed by atoms with van der Waals surface area (Å²) in [6, 6.07) is 0. The summed E-state index contributed by atoms with van der Waals surface area (Å²) >= 11 is 0. The van der Waals surface area contributed by atoms with Crippen LogP contribution in [0.2, 0.25) is 0 Å². The van der Waals surface area contributed by atoms with Crippen LogP contribution in [0.3, 0.4) is 0 Å². The molecule has 0 aromatic heterocycles. The van der Waals surface area contributed by atoms with Gasteiger partial charge in [0.05, 0.1) is 0 Å². The third kappa shape index (κ3) is 2.07. The molecule has 24 heavy (non-hydrogen) atoms. The Bertz CT molecular complexity index is 667. The molecule has 130 valence electrons. The normalized spacial score (nSPS) is 44.6. The molecule has 6 atom stereocenters. The highest BCUT2D eigenvalue weighted by atomic mass is 16.1. The molecule has 0 heterocycles. The zero-order valence-electron chi connectivity index (χ0n) is 15.5. The smallest absolute Gasteiger partial charge is 0.159 e. The first-order valence-electron chi connectivity index (χ1n) is 9.82. The molecule has 0 amide bonds. The molecule has 4 rings (SSSR count). The fourth-order valence-electron chi connectivity index (χ4n) is 6.68. The lowest BCUT2D eigenvalue weighted by Gasteiger charge is -2.50. The van der Waals surface area contributed by atoms with E-state index in [2.05, 4.69) is 20.8 Å². The van der Waals surface area contributed by atoms with Crippen molar-refractivity contribution in [1.29, 1.82) is 0 Å². The van der Waals surface area contributed by atoms with Gasteiger partial charge in [0.15, 0.2) is 5.78 Å². The predicted molar refractivity (Wildman–Crippen MR) is 95.4 cm³/mol. The standard InChI is InChI=1S/C22H30O2/c1-12-13(2)21-15(11-20(12)24)5-6-16-17(21)9-10-22(4)18(14(3)23)7-8-19(16)22/h11-13,16,18-19H,5-10H2,1-4H3/t12?,13?,16-,18-,19+,22-/m1/s1. The summed E-state index contributed by atoms with van der Waals surface area (Å²) in [5, 5.41) is 0. The molecular weight excluding hydrogens is 296 g/mol. The summed E-state index contributed by atoms with van der Waals surface area (Å²) < 4.78 is 0. The molecule has 4 aliphatic carbocycles. The summed E-state index contributed by atoms with van der Waals surface area (Å²) in [6.45, 7) is 8.53. The van der Waals surface area contributed by atoms with Crippen LogP contribution in [0.15, 0.2) is 22.8 Å². The Hall–Kier alpha value is -1.18. The molecular formula is C22H30O2. The molecule has 4 aliphatic rings. The molecule has 0 N–H and O–H groups in total. The maximum atomic E-state index is 12.2. The second kappa shape index (κ2) is 5.41. The van der Waals surface area contributed by atoms with Gasteiger partial charge in [-0.2, -0.15) is 0 Å². The molecule has 0 aliphatic heterocycles.